The van der Waals surface area contributed by atoms with E-state index in [1.165, 1.54) is 5.38 Å². The summed E-state index contributed by atoms with van der Waals surface area (Å²) in [5, 5.41) is 1.52. The molecule has 0 unspecified atom stereocenters. The number of hydrogen-bond acceptors (Lipinski definition) is 4. The number of amides is 1. The van der Waals surface area contributed by atoms with Crippen molar-refractivity contribution in [3.8, 4) is 0 Å². The summed E-state index contributed by atoms with van der Waals surface area (Å²) in [5.74, 6) is -0.780. The third-order valence-electron chi connectivity index (χ3n) is 1.39. The van der Waals surface area contributed by atoms with Crippen LogP contribution in [-0.4, -0.2) is 14.3 Å². The van der Waals surface area contributed by atoms with Crippen molar-refractivity contribution in [2.24, 2.45) is 5.73 Å². The van der Waals surface area contributed by atoms with Crippen molar-refractivity contribution in [3.63, 3.8) is 0 Å². The van der Waals surface area contributed by atoms with Gasteiger partial charge in [0.2, 0.25) is 0 Å². The Morgan fingerprint density at radius 2 is 2.15 bits per heavy atom. The predicted octanol–water partition coefficient (Wildman–Crippen LogP) is 1.08. The topological polar surface area (TPSA) is 77.2 Å². The molecule has 0 saturated carbocycles. The van der Waals surface area contributed by atoms with Crippen molar-refractivity contribution in [1.82, 2.24) is 0 Å². The van der Waals surface area contributed by atoms with Crippen LogP contribution in [0.5, 0.6) is 0 Å². The van der Waals surface area contributed by atoms with E-state index in [1.54, 1.807) is 6.92 Å². The molecular formula is C6H6ClNO3S2. The van der Waals surface area contributed by atoms with Crippen molar-refractivity contribution in [2.45, 2.75) is 11.8 Å². The molecule has 0 saturated heterocycles. The van der Waals surface area contributed by atoms with E-state index in [2.05, 4.69) is 0 Å². The minimum absolute atomic E-state index is 0.0208. The van der Waals surface area contributed by atoms with E-state index in [-0.39, 0.29) is 9.77 Å². The Morgan fingerprint density at radius 3 is 2.46 bits per heavy atom. The molecule has 1 aromatic rings. The van der Waals surface area contributed by atoms with Crippen LogP contribution in [0, 0.1) is 6.92 Å². The maximum atomic E-state index is 11.0. The molecule has 0 radical (unpaired) electrons. The van der Waals surface area contributed by atoms with Crippen LogP contribution in [0.4, 0.5) is 0 Å². The quantitative estimate of drug-likeness (QED) is 0.785. The third kappa shape index (κ3) is 2.01. The lowest BCUT2D eigenvalue weighted by atomic mass is 10.3. The highest BCUT2D eigenvalue weighted by Gasteiger charge is 2.23. The minimum atomic E-state index is -3.88. The number of thiophene rings is 1. The zero-order valence-corrected chi connectivity index (χ0v) is 8.96. The first-order chi connectivity index (χ1) is 5.84. The second-order valence-electron chi connectivity index (χ2n) is 2.38. The van der Waals surface area contributed by atoms with Gasteiger partial charge in [-0.3, -0.25) is 4.79 Å². The van der Waals surface area contributed by atoms with Gasteiger partial charge in [-0.25, -0.2) is 8.42 Å². The van der Waals surface area contributed by atoms with Gasteiger partial charge in [0.25, 0.3) is 15.0 Å². The number of aryl methyl sites for hydroxylation is 1. The summed E-state index contributed by atoms with van der Waals surface area (Å²) in [4.78, 5) is 10.6. The first kappa shape index (κ1) is 10.5. The summed E-state index contributed by atoms with van der Waals surface area (Å²) < 4.78 is 22.0. The summed E-state index contributed by atoms with van der Waals surface area (Å²) in [6.07, 6.45) is 0. The molecule has 0 aliphatic heterocycles. The molecule has 13 heavy (non-hydrogen) atoms. The monoisotopic (exact) mass is 239 g/mol. The van der Waals surface area contributed by atoms with E-state index in [4.69, 9.17) is 16.4 Å². The van der Waals surface area contributed by atoms with E-state index in [1.807, 2.05) is 0 Å². The van der Waals surface area contributed by atoms with E-state index < -0.39 is 15.0 Å². The fourth-order valence-corrected chi connectivity index (χ4v) is 3.75. The predicted molar refractivity (Wildman–Crippen MR) is 50.6 cm³/mol. The molecule has 0 aliphatic rings. The van der Waals surface area contributed by atoms with Crippen molar-refractivity contribution in [2.75, 3.05) is 0 Å². The first-order valence-electron chi connectivity index (χ1n) is 3.16. The highest BCUT2D eigenvalue weighted by atomic mass is 35.7. The average molecular weight is 240 g/mol. The number of nitrogens with two attached hydrogens (primary N) is 1. The summed E-state index contributed by atoms with van der Waals surface area (Å²) in [7, 11) is 1.24. The van der Waals surface area contributed by atoms with Gasteiger partial charge in [-0.2, -0.15) is 0 Å². The number of hydrogen-bond donors (Lipinski definition) is 1. The van der Waals surface area contributed by atoms with Gasteiger partial charge in [0.1, 0.15) is 9.77 Å². The lowest BCUT2D eigenvalue weighted by Gasteiger charge is -1.96. The summed E-state index contributed by atoms with van der Waals surface area (Å²) in [6.45, 7) is 1.55. The lowest BCUT2D eigenvalue weighted by molar-refractivity contribution is 0.100. The van der Waals surface area contributed by atoms with Crippen LogP contribution in [0.3, 0.4) is 0 Å². The number of carbonyl (C=O) groups is 1. The Labute approximate surface area is 83.7 Å². The zero-order chi connectivity index (χ0) is 10.2. The molecule has 4 nitrogen and oxygen atoms in total. The van der Waals surface area contributed by atoms with Crippen LogP contribution >= 0.6 is 22.0 Å². The van der Waals surface area contributed by atoms with E-state index in [0.717, 1.165) is 11.3 Å². The average Bonchev–Trinajstić information content (AvgIpc) is 2.28. The second kappa shape index (κ2) is 3.28. The summed E-state index contributed by atoms with van der Waals surface area (Å²) in [6, 6.07) is 0. The van der Waals surface area contributed by atoms with Crippen molar-refractivity contribution >= 4 is 37.0 Å². The fraction of sp³-hybridized carbons (Fsp3) is 0.167. The van der Waals surface area contributed by atoms with Gasteiger partial charge in [-0.15, -0.1) is 11.3 Å². The molecule has 72 valence electrons. The highest BCUT2D eigenvalue weighted by Crippen LogP contribution is 2.28. The van der Waals surface area contributed by atoms with Crippen LogP contribution in [0.25, 0.3) is 0 Å². The number of carbonyl (C=O) groups excluding carboxylic acids is 1. The smallest absolute Gasteiger partial charge is 0.263 e. The molecule has 1 aromatic heterocycles. The Morgan fingerprint density at radius 1 is 1.62 bits per heavy atom. The van der Waals surface area contributed by atoms with Crippen LogP contribution in [-0.2, 0) is 9.05 Å². The van der Waals surface area contributed by atoms with Crippen molar-refractivity contribution in [3.05, 3.63) is 15.8 Å². The van der Waals surface area contributed by atoms with Gasteiger partial charge in [0.15, 0.2) is 0 Å². The van der Waals surface area contributed by atoms with Gasteiger partial charge in [0.05, 0.1) is 0 Å². The molecule has 0 bridgehead atoms. The molecule has 0 aliphatic carbocycles. The summed E-state index contributed by atoms with van der Waals surface area (Å²) in [5.41, 5.74) is 5.41. The molecule has 0 aromatic carbocycles. The Bertz CT molecular complexity index is 448. The Hall–Kier alpha value is -0.590. The maximum absolute atomic E-state index is 11.0. The SMILES string of the molecule is Cc1csc(C(N)=O)c1S(=O)(=O)Cl. The van der Waals surface area contributed by atoms with Gasteiger partial charge in [-0.1, -0.05) is 0 Å². The largest absolute Gasteiger partial charge is 0.365 e. The fourth-order valence-electron chi connectivity index (χ4n) is 0.906. The third-order valence-corrected chi connectivity index (χ3v) is 4.10. The maximum Gasteiger partial charge on any atom is 0.263 e. The van der Waals surface area contributed by atoms with Crippen LogP contribution < -0.4 is 5.73 Å². The Balaban J connectivity index is 3.51. The molecule has 1 rings (SSSR count). The molecule has 0 fully saturated rings. The Kier molecular flexibility index (Phi) is 2.65. The normalized spacial score (nSPS) is 11.5. The standard InChI is InChI=1S/C6H6ClNO3S2/c1-3-2-12-4(6(8)9)5(3)13(7,10)11/h2H,1H3,(H2,8,9). The van der Waals surface area contributed by atoms with Crippen LogP contribution in [0.1, 0.15) is 15.2 Å². The second-order valence-corrected chi connectivity index (χ2v) is 5.76. The van der Waals surface area contributed by atoms with Crippen molar-refractivity contribution in [1.29, 1.82) is 0 Å². The number of primary amides is 1. The highest BCUT2D eigenvalue weighted by molar-refractivity contribution is 8.14. The van der Waals surface area contributed by atoms with Crippen molar-refractivity contribution < 1.29 is 13.2 Å². The number of rotatable bonds is 2. The minimum Gasteiger partial charge on any atom is -0.365 e. The van der Waals surface area contributed by atoms with Crippen LogP contribution in [0.2, 0.25) is 0 Å². The van der Waals surface area contributed by atoms with Gasteiger partial charge < -0.3 is 5.73 Å². The van der Waals surface area contributed by atoms with Gasteiger partial charge in [-0.05, 0) is 17.9 Å². The van der Waals surface area contributed by atoms with Gasteiger partial charge >= 0.3 is 0 Å². The molecule has 0 spiro atoms. The van der Waals surface area contributed by atoms with Gasteiger partial charge in [0, 0.05) is 10.7 Å². The zero-order valence-electron chi connectivity index (χ0n) is 6.57. The molecule has 1 heterocycles. The molecule has 1 amide bonds. The van der Waals surface area contributed by atoms with E-state index in [9.17, 15) is 13.2 Å². The summed E-state index contributed by atoms with van der Waals surface area (Å²) >= 11 is 0.973. The van der Waals surface area contributed by atoms with E-state index in [0.29, 0.717) is 5.56 Å². The molecule has 7 heteroatoms. The molecule has 2 N–H and O–H groups in total. The first-order valence-corrected chi connectivity index (χ1v) is 6.35. The van der Waals surface area contributed by atoms with E-state index >= 15 is 0 Å². The molecular weight excluding hydrogens is 234 g/mol. The lowest BCUT2D eigenvalue weighted by Crippen LogP contribution is -2.12. The molecule has 0 atom stereocenters. The van der Waals surface area contributed by atoms with Crippen LogP contribution in [0.15, 0.2) is 10.3 Å². The number of halogens is 1.